The van der Waals surface area contributed by atoms with Gasteiger partial charge in [0.05, 0.1) is 0 Å². The van der Waals surface area contributed by atoms with Gasteiger partial charge in [0.2, 0.25) is 0 Å². The molecule has 76 valence electrons. The van der Waals surface area contributed by atoms with Crippen LogP contribution in [0.5, 0.6) is 0 Å². The Morgan fingerprint density at radius 3 is 2.43 bits per heavy atom. The molecule has 1 aromatic rings. The predicted molar refractivity (Wildman–Crippen MR) is 60.6 cm³/mol. The van der Waals surface area contributed by atoms with E-state index < -0.39 is 0 Å². The molecule has 0 saturated heterocycles. The van der Waals surface area contributed by atoms with Crippen molar-refractivity contribution in [1.29, 1.82) is 0 Å². The molecule has 1 N–H and O–H groups in total. The Morgan fingerprint density at radius 1 is 1.21 bits per heavy atom. The maximum Gasteiger partial charge on any atom is 0.0406 e. The van der Waals surface area contributed by atoms with Crippen LogP contribution in [0.4, 0.5) is 0 Å². The summed E-state index contributed by atoms with van der Waals surface area (Å²) in [4.78, 5) is 0. The van der Waals surface area contributed by atoms with Gasteiger partial charge in [-0.15, -0.1) is 11.6 Å². The Morgan fingerprint density at radius 2 is 1.93 bits per heavy atom. The van der Waals surface area contributed by atoms with E-state index in [0.29, 0.717) is 0 Å². The second-order valence-corrected chi connectivity index (χ2v) is 4.37. The molecular formula is C12H16ClN. The molecule has 0 radical (unpaired) electrons. The second kappa shape index (κ2) is 4.33. The molecule has 1 saturated carbocycles. The maximum absolute atomic E-state index is 5.96. The summed E-state index contributed by atoms with van der Waals surface area (Å²) in [6.07, 6.45) is 3.77. The zero-order chi connectivity index (χ0) is 9.86. The Bertz CT molecular complexity index is 274. The van der Waals surface area contributed by atoms with Gasteiger partial charge in [-0.1, -0.05) is 30.3 Å². The van der Waals surface area contributed by atoms with Gasteiger partial charge in [0, 0.05) is 18.0 Å². The van der Waals surface area contributed by atoms with Crippen LogP contribution in [0, 0.1) is 0 Å². The van der Waals surface area contributed by atoms with Crippen LogP contribution in [0.2, 0.25) is 0 Å². The molecule has 0 aromatic heterocycles. The van der Waals surface area contributed by atoms with Crippen molar-refractivity contribution >= 4 is 11.6 Å². The molecule has 0 spiro atoms. The van der Waals surface area contributed by atoms with E-state index in [9.17, 15) is 0 Å². The molecule has 1 fully saturated rings. The van der Waals surface area contributed by atoms with Crippen molar-refractivity contribution in [3.05, 3.63) is 35.9 Å². The lowest BCUT2D eigenvalue weighted by molar-refractivity contribution is 0.211. The van der Waals surface area contributed by atoms with Crippen molar-refractivity contribution in [1.82, 2.24) is 5.32 Å². The van der Waals surface area contributed by atoms with E-state index in [4.69, 9.17) is 11.6 Å². The van der Waals surface area contributed by atoms with Crippen LogP contribution in [-0.4, -0.2) is 11.4 Å². The van der Waals surface area contributed by atoms with Gasteiger partial charge < -0.3 is 5.32 Å². The van der Waals surface area contributed by atoms with Crippen molar-refractivity contribution in [2.45, 2.75) is 31.3 Å². The first kappa shape index (κ1) is 10.0. The molecule has 1 nitrogen and oxygen atoms in total. The summed E-state index contributed by atoms with van der Waals surface area (Å²) < 4.78 is 0. The number of hydrogen-bond donors (Lipinski definition) is 1. The molecule has 0 heterocycles. The minimum absolute atomic E-state index is 0.234. The van der Waals surface area contributed by atoms with Crippen molar-refractivity contribution in [3.63, 3.8) is 0 Å². The Kier molecular flexibility index (Phi) is 3.09. The maximum atomic E-state index is 5.96. The number of rotatable bonds is 4. The molecular weight excluding hydrogens is 194 g/mol. The molecule has 14 heavy (non-hydrogen) atoms. The summed E-state index contributed by atoms with van der Waals surface area (Å²) in [5.74, 6) is 0.736. The molecule has 0 atom stereocenters. The van der Waals surface area contributed by atoms with E-state index in [1.54, 1.807) is 0 Å². The first-order valence-corrected chi connectivity index (χ1v) is 5.73. The van der Waals surface area contributed by atoms with Crippen LogP contribution in [0.3, 0.4) is 0 Å². The highest BCUT2D eigenvalue weighted by Gasteiger charge is 2.35. The number of nitrogens with one attached hydrogen (secondary N) is 1. The predicted octanol–water partition coefficient (Wildman–Crippen LogP) is 2.94. The molecule has 0 bridgehead atoms. The van der Waals surface area contributed by atoms with Crippen molar-refractivity contribution < 1.29 is 0 Å². The molecule has 1 aliphatic carbocycles. The van der Waals surface area contributed by atoms with Crippen LogP contribution in [0.25, 0.3) is 0 Å². The summed E-state index contributed by atoms with van der Waals surface area (Å²) in [5, 5.41) is 3.57. The zero-order valence-corrected chi connectivity index (χ0v) is 9.06. The average molecular weight is 210 g/mol. The zero-order valence-electron chi connectivity index (χ0n) is 8.30. The fourth-order valence-electron chi connectivity index (χ4n) is 1.85. The van der Waals surface area contributed by atoms with E-state index in [0.717, 1.165) is 12.4 Å². The SMILES string of the molecule is ClCC1(NCc2ccccc2)CCC1. The quantitative estimate of drug-likeness (QED) is 0.752. The van der Waals surface area contributed by atoms with E-state index in [1.807, 2.05) is 6.07 Å². The topological polar surface area (TPSA) is 12.0 Å². The van der Waals surface area contributed by atoms with Crippen LogP contribution in [0.15, 0.2) is 30.3 Å². The Hall–Kier alpha value is -0.530. The molecule has 0 aliphatic heterocycles. The smallest absolute Gasteiger partial charge is 0.0406 e. The van der Waals surface area contributed by atoms with Gasteiger partial charge in [-0.3, -0.25) is 0 Å². The van der Waals surface area contributed by atoms with Gasteiger partial charge in [-0.05, 0) is 24.8 Å². The minimum atomic E-state index is 0.234. The van der Waals surface area contributed by atoms with E-state index in [2.05, 4.69) is 29.6 Å². The molecule has 2 rings (SSSR count). The molecule has 2 heteroatoms. The highest BCUT2D eigenvalue weighted by Crippen LogP contribution is 2.33. The van der Waals surface area contributed by atoms with E-state index in [-0.39, 0.29) is 5.54 Å². The fourth-order valence-corrected chi connectivity index (χ4v) is 2.21. The largest absolute Gasteiger partial charge is 0.306 e. The van der Waals surface area contributed by atoms with Crippen LogP contribution < -0.4 is 5.32 Å². The van der Waals surface area contributed by atoms with Crippen molar-refractivity contribution in [2.24, 2.45) is 0 Å². The lowest BCUT2D eigenvalue weighted by Crippen LogP contribution is -2.52. The lowest BCUT2D eigenvalue weighted by atomic mass is 9.78. The van der Waals surface area contributed by atoms with Crippen molar-refractivity contribution in [3.8, 4) is 0 Å². The fraction of sp³-hybridized carbons (Fsp3) is 0.500. The van der Waals surface area contributed by atoms with Gasteiger partial charge in [-0.25, -0.2) is 0 Å². The second-order valence-electron chi connectivity index (χ2n) is 4.11. The number of halogens is 1. The highest BCUT2D eigenvalue weighted by atomic mass is 35.5. The molecule has 0 unspecified atom stereocenters. The van der Waals surface area contributed by atoms with Crippen LogP contribution in [-0.2, 0) is 6.54 Å². The van der Waals surface area contributed by atoms with Crippen LogP contribution >= 0.6 is 11.6 Å². The first-order valence-electron chi connectivity index (χ1n) is 5.20. The summed E-state index contributed by atoms with van der Waals surface area (Å²) >= 11 is 5.96. The van der Waals surface area contributed by atoms with Gasteiger partial charge in [0.25, 0.3) is 0 Å². The third-order valence-corrected chi connectivity index (χ3v) is 3.59. The highest BCUT2D eigenvalue weighted by molar-refractivity contribution is 6.18. The Labute approximate surface area is 90.5 Å². The number of benzene rings is 1. The van der Waals surface area contributed by atoms with E-state index >= 15 is 0 Å². The lowest BCUT2D eigenvalue weighted by Gasteiger charge is -2.41. The summed E-state index contributed by atoms with van der Waals surface area (Å²) in [6, 6.07) is 10.5. The third-order valence-electron chi connectivity index (χ3n) is 3.08. The first-order chi connectivity index (χ1) is 6.85. The van der Waals surface area contributed by atoms with Gasteiger partial charge in [0.15, 0.2) is 0 Å². The van der Waals surface area contributed by atoms with Gasteiger partial charge >= 0.3 is 0 Å². The standard InChI is InChI=1S/C12H16ClN/c13-10-12(7-4-8-12)14-9-11-5-2-1-3-6-11/h1-3,5-6,14H,4,7-10H2. The monoisotopic (exact) mass is 209 g/mol. The third kappa shape index (κ3) is 2.10. The van der Waals surface area contributed by atoms with Gasteiger partial charge in [-0.2, -0.15) is 0 Å². The van der Waals surface area contributed by atoms with Crippen molar-refractivity contribution in [2.75, 3.05) is 5.88 Å². The van der Waals surface area contributed by atoms with Crippen LogP contribution in [0.1, 0.15) is 24.8 Å². The molecule has 1 aliphatic rings. The molecule has 0 amide bonds. The summed E-state index contributed by atoms with van der Waals surface area (Å²) in [7, 11) is 0. The van der Waals surface area contributed by atoms with Gasteiger partial charge in [0.1, 0.15) is 0 Å². The molecule has 1 aromatic carbocycles. The average Bonchev–Trinajstić information content (AvgIpc) is 2.19. The summed E-state index contributed by atoms with van der Waals surface area (Å²) in [5.41, 5.74) is 1.57. The van der Waals surface area contributed by atoms with E-state index in [1.165, 1.54) is 24.8 Å². The normalized spacial score (nSPS) is 18.9. The number of alkyl halides is 1. The minimum Gasteiger partial charge on any atom is -0.306 e. The Balaban J connectivity index is 1.88. The number of hydrogen-bond acceptors (Lipinski definition) is 1. The summed E-state index contributed by atoms with van der Waals surface area (Å²) in [6.45, 7) is 0.938.